The zero-order valence-corrected chi connectivity index (χ0v) is 5.17. The van der Waals surface area contributed by atoms with E-state index in [9.17, 15) is 0 Å². The molecule has 9 heavy (non-hydrogen) atoms. The topological polar surface area (TPSA) is 41.8 Å². The molecule has 0 radical (unpaired) electrons. The maximum atomic E-state index is 5.64. The summed E-state index contributed by atoms with van der Waals surface area (Å²) >= 11 is 0. The molecule has 0 aromatic carbocycles. The number of hydrogen-bond acceptors (Lipinski definition) is 1. The van der Waals surface area contributed by atoms with Gasteiger partial charge >= 0.3 is 0 Å². The molecule has 1 aromatic rings. The van der Waals surface area contributed by atoms with Gasteiger partial charge in [0, 0.05) is 23.9 Å². The van der Waals surface area contributed by atoms with E-state index in [1.54, 1.807) is 0 Å². The molecule has 2 atom stereocenters. The number of nitrogens with two attached hydrogens (primary N) is 1. The van der Waals surface area contributed by atoms with Gasteiger partial charge in [0.05, 0.1) is 0 Å². The van der Waals surface area contributed by atoms with Crippen molar-refractivity contribution in [3.63, 3.8) is 0 Å². The predicted octanol–water partition coefficient (Wildman–Crippen LogP) is 0.829. The first-order valence-corrected chi connectivity index (χ1v) is 3.27. The third-order valence-electron chi connectivity index (χ3n) is 1.86. The van der Waals surface area contributed by atoms with Crippen LogP contribution < -0.4 is 5.73 Å². The number of aromatic nitrogens is 1. The molecule has 1 fully saturated rings. The quantitative estimate of drug-likeness (QED) is 0.569. The molecule has 2 nitrogen and oxygen atoms in total. The summed E-state index contributed by atoms with van der Waals surface area (Å²) in [6, 6.07) is 4.53. The Balaban J connectivity index is 2.18. The Labute approximate surface area is 54.1 Å². The van der Waals surface area contributed by atoms with Crippen LogP contribution in [0.2, 0.25) is 0 Å². The van der Waals surface area contributed by atoms with E-state index >= 15 is 0 Å². The molecule has 1 aromatic heterocycles. The monoisotopic (exact) mass is 122 g/mol. The van der Waals surface area contributed by atoms with Crippen molar-refractivity contribution in [2.45, 2.75) is 18.4 Å². The lowest BCUT2D eigenvalue weighted by molar-refractivity contribution is 0.958. The fourth-order valence-corrected chi connectivity index (χ4v) is 1.15. The van der Waals surface area contributed by atoms with Gasteiger partial charge in [0.15, 0.2) is 0 Å². The van der Waals surface area contributed by atoms with Crippen molar-refractivity contribution in [1.82, 2.24) is 4.98 Å². The fourth-order valence-electron chi connectivity index (χ4n) is 1.15. The SMILES string of the molecule is N[C@@H]1C[C@H]1c1ccc[nH]1. The summed E-state index contributed by atoms with van der Waals surface area (Å²) in [5.41, 5.74) is 6.93. The lowest BCUT2D eigenvalue weighted by atomic mass is 10.3. The molecule has 1 aliphatic rings. The van der Waals surface area contributed by atoms with Crippen molar-refractivity contribution >= 4 is 0 Å². The van der Waals surface area contributed by atoms with Gasteiger partial charge in [-0.2, -0.15) is 0 Å². The van der Waals surface area contributed by atoms with Crippen molar-refractivity contribution in [2.75, 3.05) is 0 Å². The molecule has 3 N–H and O–H groups in total. The van der Waals surface area contributed by atoms with Crippen molar-refractivity contribution in [1.29, 1.82) is 0 Å². The standard InChI is InChI=1S/C7H10N2/c8-6-4-5(6)7-2-1-3-9-7/h1-3,5-6,9H,4,8H2/t5-,6-/m1/s1. The Morgan fingerprint density at radius 1 is 1.67 bits per heavy atom. The van der Waals surface area contributed by atoms with Gasteiger partial charge in [-0.05, 0) is 18.6 Å². The van der Waals surface area contributed by atoms with Crippen LogP contribution in [0.4, 0.5) is 0 Å². The molecular formula is C7H10N2. The number of aromatic amines is 1. The summed E-state index contributed by atoms with van der Waals surface area (Å²) in [4.78, 5) is 3.15. The first-order valence-electron chi connectivity index (χ1n) is 3.27. The molecule has 0 amide bonds. The highest BCUT2D eigenvalue weighted by molar-refractivity contribution is 5.20. The smallest absolute Gasteiger partial charge is 0.0194 e. The molecule has 1 heterocycles. The predicted molar refractivity (Wildman–Crippen MR) is 36.1 cm³/mol. The Hall–Kier alpha value is -0.760. The van der Waals surface area contributed by atoms with Crippen molar-refractivity contribution in [3.8, 4) is 0 Å². The van der Waals surface area contributed by atoms with E-state index in [-0.39, 0.29) is 0 Å². The second-order valence-electron chi connectivity index (χ2n) is 2.63. The molecule has 0 spiro atoms. The lowest BCUT2D eigenvalue weighted by Gasteiger charge is -1.88. The lowest BCUT2D eigenvalue weighted by Crippen LogP contribution is -2.00. The van der Waals surface area contributed by atoms with Crippen LogP contribution in [-0.2, 0) is 0 Å². The normalized spacial score (nSPS) is 32.6. The molecular weight excluding hydrogens is 112 g/mol. The van der Waals surface area contributed by atoms with Gasteiger partial charge in [0.2, 0.25) is 0 Å². The average molecular weight is 122 g/mol. The highest BCUT2D eigenvalue weighted by atomic mass is 14.8. The highest BCUT2D eigenvalue weighted by Gasteiger charge is 2.35. The number of nitrogens with one attached hydrogen (secondary N) is 1. The van der Waals surface area contributed by atoms with Crippen LogP contribution >= 0.6 is 0 Å². The van der Waals surface area contributed by atoms with E-state index in [1.165, 1.54) is 5.69 Å². The Morgan fingerprint density at radius 3 is 2.89 bits per heavy atom. The summed E-state index contributed by atoms with van der Waals surface area (Å²) in [6.45, 7) is 0. The van der Waals surface area contributed by atoms with Gasteiger partial charge in [-0.25, -0.2) is 0 Å². The maximum Gasteiger partial charge on any atom is 0.0194 e. The summed E-state index contributed by atoms with van der Waals surface area (Å²) in [5.74, 6) is 0.625. The van der Waals surface area contributed by atoms with Crippen LogP contribution in [0, 0.1) is 0 Å². The molecule has 0 unspecified atom stereocenters. The third kappa shape index (κ3) is 0.754. The van der Waals surface area contributed by atoms with Crippen LogP contribution in [0.3, 0.4) is 0 Å². The van der Waals surface area contributed by atoms with E-state index in [1.807, 2.05) is 12.3 Å². The molecule has 48 valence electrons. The summed E-state index contributed by atoms with van der Waals surface area (Å²) in [6.07, 6.45) is 3.10. The maximum absolute atomic E-state index is 5.64. The van der Waals surface area contributed by atoms with Crippen LogP contribution in [-0.4, -0.2) is 11.0 Å². The van der Waals surface area contributed by atoms with E-state index in [0.717, 1.165) is 6.42 Å². The van der Waals surface area contributed by atoms with Gasteiger partial charge in [0.25, 0.3) is 0 Å². The van der Waals surface area contributed by atoms with Gasteiger partial charge in [-0.1, -0.05) is 0 Å². The average Bonchev–Trinajstić information content (AvgIpc) is 2.44. The molecule has 0 aliphatic heterocycles. The second-order valence-corrected chi connectivity index (χ2v) is 2.63. The van der Waals surface area contributed by atoms with E-state index < -0.39 is 0 Å². The van der Waals surface area contributed by atoms with Gasteiger partial charge in [-0.3, -0.25) is 0 Å². The summed E-state index contributed by atoms with van der Waals surface area (Å²) in [5, 5.41) is 0. The third-order valence-corrected chi connectivity index (χ3v) is 1.86. The molecule has 0 saturated heterocycles. The van der Waals surface area contributed by atoms with E-state index in [2.05, 4.69) is 11.1 Å². The molecule has 1 saturated carbocycles. The first-order chi connectivity index (χ1) is 4.38. The van der Waals surface area contributed by atoms with Crippen molar-refractivity contribution < 1.29 is 0 Å². The minimum atomic E-state index is 0.420. The molecule has 2 heteroatoms. The second kappa shape index (κ2) is 1.61. The molecule has 1 aliphatic carbocycles. The minimum Gasteiger partial charge on any atom is -0.365 e. The summed E-state index contributed by atoms with van der Waals surface area (Å²) in [7, 11) is 0. The van der Waals surface area contributed by atoms with Crippen LogP contribution in [0.5, 0.6) is 0 Å². The Bertz CT molecular complexity index is 191. The zero-order valence-electron chi connectivity index (χ0n) is 5.17. The highest BCUT2D eigenvalue weighted by Crippen LogP contribution is 2.37. The largest absolute Gasteiger partial charge is 0.365 e. The van der Waals surface area contributed by atoms with E-state index in [0.29, 0.717) is 12.0 Å². The zero-order chi connectivity index (χ0) is 6.27. The Kier molecular flexibility index (Phi) is 0.904. The summed E-state index contributed by atoms with van der Waals surface area (Å²) < 4.78 is 0. The van der Waals surface area contributed by atoms with Crippen molar-refractivity contribution in [2.24, 2.45) is 5.73 Å². The molecule has 0 bridgehead atoms. The van der Waals surface area contributed by atoms with Crippen LogP contribution in [0.1, 0.15) is 18.0 Å². The van der Waals surface area contributed by atoms with Crippen LogP contribution in [0.15, 0.2) is 18.3 Å². The number of rotatable bonds is 1. The van der Waals surface area contributed by atoms with E-state index in [4.69, 9.17) is 5.73 Å². The fraction of sp³-hybridized carbons (Fsp3) is 0.429. The number of H-pyrrole nitrogens is 1. The molecule has 2 rings (SSSR count). The van der Waals surface area contributed by atoms with Crippen molar-refractivity contribution in [3.05, 3.63) is 24.0 Å². The Morgan fingerprint density at radius 2 is 2.44 bits per heavy atom. The number of hydrogen-bond donors (Lipinski definition) is 2. The van der Waals surface area contributed by atoms with Crippen LogP contribution in [0.25, 0.3) is 0 Å². The van der Waals surface area contributed by atoms with Gasteiger partial charge in [-0.15, -0.1) is 0 Å². The minimum absolute atomic E-state index is 0.420. The van der Waals surface area contributed by atoms with Gasteiger partial charge in [0.1, 0.15) is 0 Å². The van der Waals surface area contributed by atoms with Gasteiger partial charge < -0.3 is 10.7 Å². The first kappa shape index (κ1) is 5.06.